The van der Waals surface area contributed by atoms with Crippen molar-refractivity contribution in [3.8, 4) is 5.75 Å². The number of aromatic hydroxyl groups is 1. The van der Waals surface area contributed by atoms with E-state index in [1.54, 1.807) is 39.2 Å². The first-order valence-electron chi connectivity index (χ1n) is 22.7. The molecule has 0 aliphatic carbocycles. The van der Waals surface area contributed by atoms with Crippen LogP contribution in [0.25, 0.3) is 0 Å². The van der Waals surface area contributed by atoms with Crippen molar-refractivity contribution in [2.75, 3.05) is 25.1 Å². The first kappa shape index (κ1) is 54.9. The lowest BCUT2D eigenvalue weighted by Crippen LogP contribution is -2.61. The van der Waals surface area contributed by atoms with E-state index < -0.39 is 114 Å². The fourth-order valence-electron chi connectivity index (χ4n) is 8.05. The van der Waals surface area contributed by atoms with Gasteiger partial charge in [-0.05, 0) is 86.0 Å². The van der Waals surface area contributed by atoms with Crippen molar-refractivity contribution in [2.24, 2.45) is 23.5 Å². The Labute approximate surface area is 390 Å². The molecule has 7 amide bonds. The molecule has 2 aliphatic rings. The van der Waals surface area contributed by atoms with Crippen LogP contribution >= 0.6 is 11.8 Å². The summed E-state index contributed by atoms with van der Waals surface area (Å²) in [4.78, 5) is 123. The summed E-state index contributed by atoms with van der Waals surface area (Å²) in [6, 6.07) is -3.28. The predicted octanol–water partition coefficient (Wildman–Crippen LogP) is 0.729. The summed E-state index contributed by atoms with van der Waals surface area (Å²) >= 11 is 1.37. The van der Waals surface area contributed by atoms with Crippen LogP contribution in [0.3, 0.4) is 0 Å². The van der Waals surface area contributed by atoms with Crippen LogP contribution in [0.5, 0.6) is 5.75 Å². The van der Waals surface area contributed by atoms with Crippen molar-refractivity contribution in [3.63, 3.8) is 0 Å². The zero-order valence-electron chi connectivity index (χ0n) is 39.0. The zero-order chi connectivity index (χ0) is 49.4. The molecule has 3 rings (SSSR count). The maximum Gasteiger partial charge on any atom is 0.326 e. The Kier molecular flexibility index (Phi) is 21.7. The average molecular weight is 947 g/mol. The molecule has 0 radical (unpaired) electrons. The van der Waals surface area contributed by atoms with E-state index in [-0.39, 0.29) is 56.4 Å². The van der Waals surface area contributed by atoms with E-state index in [1.165, 1.54) is 33.7 Å². The minimum absolute atomic E-state index is 0.0219. The van der Waals surface area contributed by atoms with Gasteiger partial charge in [-0.25, -0.2) is 4.79 Å². The third kappa shape index (κ3) is 15.9. The van der Waals surface area contributed by atoms with Crippen LogP contribution in [0.1, 0.15) is 98.5 Å². The molecule has 2 aliphatic heterocycles. The van der Waals surface area contributed by atoms with Crippen LogP contribution in [-0.4, -0.2) is 152 Å². The number of thioether (sulfide) groups is 1. The molecule has 0 saturated carbocycles. The molecule has 0 bridgehead atoms. The molecule has 9 atom stereocenters. The number of carboxylic acids is 2. The Morgan fingerprint density at radius 1 is 0.727 bits per heavy atom. The minimum Gasteiger partial charge on any atom is -0.508 e. The van der Waals surface area contributed by atoms with E-state index in [9.17, 15) is 53.4 Å². The number of likely N-dealkylation sites (tertiary alicyclic amines) is 2. The number of hydrogen-bond acceptors (Lipinski definition) is 12. The summed E-state index contributed by atoms with van der Waals surface area (Å²) in [6.45, 7) is 11.4. The number of nitrogens with two attached hydrogens (primary N) is 1. The Balaban J connectivity index is 1.87. The lowest BCUT2D eigenvalue weighted by Gasteiger charge is -2.33. The second-order valence-corrected chi connectivity index (χ2v) is 19.0. The van der Waals surface area contributed by atoms with Crippen molar-refractivity contribution < 1.29 is 58.5 Å². The summed E-state index contributed by atoms with van der Waals surface area (Å²) in [6.07, 6.45) is 3.12. The highest BCUT2D eigenvalue weighted by atomic mass is 32.2. The topological polar surface area (TPSA) is 307 Å². The molecule has 21 heteroatoms. The number of carboxylic acid groups (broad SMARTS) is 2. The van der Waals surface area contributed by atoms with Gasteiger partial charge in [0.1, 0.15) is 48.0 Å². The molecule has 0 spiro atoms. The zero-order valence-corrected chi connectivity index (χ0v) is 39.9. The summed E-state index contributed by atoms with van der Waals surface area (Å²) < 4.78 is 0. The highest BCUT2D eigenvalue weighted by Crippen LogP contribution is 2.24. The maximum atomic E-state index is 14.5. The molecule has 368 valence electrons. The van der Waals surface area contributed by atoms with Gasteiger partial charge in [0, 0.05) is 19.5 Å². The van der Waals surface area contributed by atoms with E-state index >= 15 is 0 Å². The molecule has 2 saturated heterocycles. The summed E-state index contributed by atoms with van der Waals surface area (Å²) in [7, 11) is 0. The highest BCUT2D eigenvalue weighted by Gasteiger charge is 2.43. The molecule has 10 N–H and O–H groups in total. The summed E-state index contributed by atoms with van der Waals surface area (Å²) in [5.74, 6) is -7.76. The van der Waals surface area contributed by atoms with Gasteiger partial charge in [-0.1, -0.05) is 60.1 Å². The van der Waals surface area contributed by atoms with Gasteiger partial charge in [-0.15, -0.1) is 0 Å². The molecular weight excluding hydrogens is 877 g/mol. The molecule has 2 heterocycles. The quantitative estimate of drug-likeness (QED) is 0.0653. The van der Waals surface area contributed by atoms with E-state index in [1.807, 2.05) is 20.8 Å². The first-order chi connectivity index (χ1) is 31.1. The summed E-state index contributed by atoms with van der Waals surface area (Å²) in [5.41, 5.74) is 6.69. The number of hydrogen-bond donors (Lipinski definition) is 9. The number of benzene rings is 1. The number of rotatable bonds is 25. The van der Waals surface area contributed by atoms with Crippen molar-refractivity contribution in [1.29, 1.82) is 0 Å². The van der Waals surface area contributed by atoms with Crippen LogP contribution in [0.15, 0.2) is 24.3 Å². The van der Waals surface area contributed by atoms with E-state index in [0.717, 1.165) is 0 Å². The Bertz CT molecular complexity index is 1880. The fourth-order valence-corrected chi connectivity index (χ4v) is 8.52. The van der Waals surface area contributed by atoms with Crippen molar-refractivity contribution in [3.05, 3.63) is 29.8 Å². The largest absolute Gasteiger partial charge is 0.508 e. The van der Waals surface area contributed by atoms with Crippen LogP contribution in [0.4, 0.5) is 0 Å². The monoisotopic (exact) mass is 946 g/mol. The molecule has 1 aromatic rings. The van der Waals surface area contributed by atoms with Crippen LogP contribution in [0, 0.1) is 17.8 Å². The number of amides is 7. The minimum atomic E-state index is -1.74. The summed E-state index contributed by atoms with van der Waals surface area (Å²) in [5, 5.41) is 41.9. The molecule has 66 heavy (non-hydrogen) atoms. The lowest BCUT2D eigenvalue weighted by atomic mass is 9.96. The third-order valence-electron chi connectivity index (χ3n) is 12.0. The van der Waals surface area contributed by atoms with Crippen molar-refractivity contribution >= 4 is 65.1 Å². The molecular formula is C45H70N8O12S. The third-order valence-corrected chi connectivity index (χ3v) is 12.6. The lowest BCUT2D eigenvalue weighted by molar-refractivity contribution is -0.147. The van der Waals surface area contributed by atoms with Crippen molar-refractivity contribution in [2.45, 2.75) is 148 Å². The van der Waals surface area contributed by atoms with Gasteiger partial charge in [0.2, 0.25) is 41.4 Å². The van der Waals surface area contributed by atoms with Gasteiger partial charge < -0.3 is 57.4 Å². The second kappa shape index (κ2) is 26.0. The SMILES string of the molecule is CC[C@H](C)[C@H](NC(=O)[C@H](Cc1ccc(O)cc1)NC(=O)[C@@H]1CCCN1C(=O)[C@@H](NC(=O)[C@@H](N)CC(C)C)C(C)C)C(=O)N1CCC[C@H]1C(=O)N[C@@H](CCSC)C(=O)N[C@@H](CC(=O)O)C(=O)O. The van der Waals surface area contributed by atoms with Gasteiger partial charge in [0.25, 0.3) is 0 Å². The van der Waals surface area contributed by atoms with E-state index in [0.29, 0.717) is 37.0 Å². The van der Waals surface area contributed by atoms with Gasteiger partial charge in [0.05, 0.1) is 12.5 Å². The number of phenols is 1. The Morgan fingerprint density at radius 3 is 1.73 bits per heavy atom. The van der Waals surface area contributed by atoms with E-state index in [4.69, 9.17) is 10.8 Å². The first-order valence-corrected chi connectivity index (χ1v) is 24.1. The number of carbonyl (C=O) groups is 9. The molecule has 0 aromatic heterocycles. The molecule has 1 aromatic carbocycles. The Hall–Kier alpha value is -5.44. The van der Waals surface area contributed by atoms with E-state index in [2.05, 4.69) is 26.6 Å². The average Bonchev–Trinajstić information content (AvgIpc) is 3.96. The Morgan fingerprint density at radius 2 is 1.24 bits per heavy atom. The number of phenolic OH excluding ortho intramolecular Hbond substituents is 1. The molecule has 20 nitrogen and oxygen atoms in total. The normalized spacial score (nSPS) is 19.2. The highest BCUT2D eigenvalue weighted by molar-refractivity contribution is 7.98. The van der Waals surface area contributed by atoms with Gasteiger partial charge in [-0.2, -0.15) is 11.8 Å². The van der Waals surface area contributed by atoms with Crippen LogP contribution in [0.2, 0.25) is 0 Å². The fraction of sp³-hybridized carbons (Fsp3) is 0.667. The predicted molar refractivity (Wildman–Crippen MR) is 246 cm³/mol. The van der Waals surface area contributed by atoms with Crippen LogP contribution in [-0.2, 0) is 49.6 Å². The number of nitrogens with one attached hydrogen (secondary N) is 5. The molecule has 0 unspecified atom stereocenters. The van der Waals surface area contributed by atoms with Gasteiger partial charge in [0.15, 0.2) is 0 Å². The van der Waals surface area contributed by atoms with Gasteiger partial charge in [-0.3, -0.25) is 38.4 Å². The maximum absolute atomic E-state index is 14.5. The van der Waals surface area contributed by atoms with Crippen molar-refractivity contribution in [1.82, 2.24) is 36.4 Å². The standard InChI is InChI=1S/C45H70N8O12S/c1-8-26(6)37(44(63)53-19-10-11-33(53)41(60)47-30(17-20-66-7)39(58)49-32(45(64)65)23-35(55)56)51-40(59)31(22-27-13-15-28(54)16-14-27)48-42(61)34-12-9-18-52(34)43(62)36(25(4)5)50-38(57)29(46)21-24(2)3/h13-16,24-26,29-34,36-37,54H,8-12,17-23,46H2,1-7H3,(H,47,60)(H,48,61)(H,49,58)(H,50,57)(H,51,59)(H,55,56)(H,64,65)/t26-,29-,30-,31-,32-,33-,34-,36-,37-/m0/s1. The smallest absolute Gasteiger partial charge is 0.326 e. The molecule has 2 fully saturated rings. The number of nitrogens with zero attached hydrogens (tertiary/aromatic N) is 2. The van der Waals surface area contributed by atoms with Gasteiger partial charge >= 0.3 is 11.9 Å². The van der Waals surface area contributed by atoms with Crippen LogP contribution < -0.4 is 32.3 Å². The number of carbonyl (C=O) groups excluding carboxylic acids is 7. The second-order valence-electron chi connectivity index (χ2n) is 18.0. The number of aliphatic carboxylic acids is 2.